The van der Waals surface area contributed by atoms with Gasteiger partial charge in [0.25, 0.3) is 0 Å². The van der Waals surface area contributed by atoms with E-state index in [2.05, 4.69) is 19.9 Å². The predicted octanol–water partition coefficient (Wildman–Crippen LogP) is 3.02. The molecule has 0 saturated heterocycles. The molecule has 1 aromatic rings. The van der Waals surface area contributed by atoms with Crippen molar-refractivity contribution >= 4 is 11.6 Å². The molecule has 2 rings (SSSR count). The van der Waals surface area contributed by atoms with E-state index in [1.807, 2.05) is 19.2 Å². The van der Waals surface area contributed by atoms with Gasteiger partial charge in [0.2, 0.25) is 5.91 Å². The van der Waals surface area contributed by atoms with Crippen molar-refractivity contribution in [2.75, 3.05) is 18.6 Å². The van der Waals surface area contributed by atoms with Gasteiger partial charge in [0, 0.05) is 19.2 Å². The van der Waals surface area contributed by atoms with E-state index in [4.69, 9.17) is 4.74 Å². The summed E-state index contributed by atoms with van der Waals surface area (Å²) in [4.78, 5) is 13.3. The Bertz CT molecular complexity index is 442. The maximum absolute atomic E-state index is 11.6. The van der Waals surface area contributed by atoms with Crippen molar-refractivity contribution in [3.05, 3.63) is 23.8 Å². The van der Waals surface area contributed by atoms with E-state index < -0.39 is 0 Å². The quantitative estimate of drug-likeness (QED) is 0.818. The average Bonchev–Trinajstić information content (AvgIpc) is 2.40. The van der Waals surface area contributed by atoms with Crippen LogP contribution in [0.3, 0.4) is 0 Å². The van der Waals surface area contributed by atoms with E-state index >= 15 is 0 Å². The number of carbonyl (C=O) groups is 1. The first-order chi connectivity index (χ1) is 8.61. The third-order valence-corrected chi connectivity index (χ3v) is 3.63. The highest BCUT2D eigenvalue weighted by molar-refractivity contribution is 5.95. The lowest BCUT2D eigenvalue weighted by atomic mass is 10.0. The fraction of sp³-hybridized carbons (Fsp3) is 0.533. The molecule has 1 atom stereocenters. The van der Waals surface area contributed by atoms with E-state index in [1.54, 1.807) is 4.90 Å². The first kappa shape index (κ1) is 12.9. The Kier molecular flexibility index (Phi) is 3.90. The van der Waals surface area contributed by atoms with Crippen LogP contribution < -0.4 is 9.64 Å². The van der Waals surface area contributed by atoms with Crippen LogP contribution in [0.5, 0.6) is 5.75 Å². The monoisotopic (exact) mass is 247 g/mol. The molecule has 18 heavy (non-hydrogen) atoms. The van der Waals surface area contributed by atoms with Crippen LogP contribution in [0.2, 0.25) is 0 Å². The molecular weight excluding hydrogens is 226 g/mol. The van der Waals surface area contributed by atoms with Crippen LogP contribution in [-0.2, 0) is 11.2 Å². The fourth-order valence-corrected chi connectivity index (χ4v) is 2.08. The number of anilines is 1. The number of nitrogens with zero attached hydrogens (tertiary/aromatic N) is 1. The van der Waals surface area contributed by atoms with Crippen molar-refractivity contribution in [2.24, 2.45) is 5.92 Å². The summed E-state index contributed by atoms with van der Waals surface area (Å²) in [5.41, 5.74) is 2.22. The van der Waals surface area contributed by atoms with Gasteiger partial charge >= 0.3 is 0 Å². The summed E-state index contributed by atoms with van der Waals surface area (Å²) in [6.07, 6.45) is 2.54. The molecular formula is C15H21NO2. The third-order valence-electron chi connectivity index (χ3n) is 3.63. The SMILES string of the molecule is CCC(C)COc1ccc2c(c1)CCC(=O)N2C. The van der Waals surface area contributed by atoms with Crippen LogP contribution in [0.1, 0.15) is 32.3 Å². The maximum atomic E-state index is 11.6. The third kappa shape index (κ3) is 2.66. The Morgan fingerprint density at radius 2 is 2.17 bits per heavy atom. The zero-order chi connectivity index (χ0) is 13.1. The number of ether oxygens (including phenoxy) is 1. The maximum Gasteiger partial charge on any atom is 0.227 e. The Morgan fingerprint density at radius 1 is 1.39 bits per heavy atom. The lowest BCUT2D eigenvalue weighted by molar-refractivity contribution is -0.118. The molecule has 1 aliphatic heterocycles. The highest BCUT2D eigenvalue weighted by Gasteiger charge is 2.20. The average molecular weight is 247 g/mol. The summed E-state index contributed by atoms with van der Waals surface area (Å²) in [7, 11) is 1.83. The first-order valence-electron chi connectivity index (χ1n) is 6.64. The van der Waals surface area contributed by atoms with Gasteiger partial charge < -0.3 is 9.64 Å². The molecule has 0 aromatic heterocycles. The summed E-state index contributed by atoms with van der Waals surface area (Å²) in [6, 6.07) is 6.01. The standard InChI is InChI=1S/C15H21NO2/c1-4-11(2)10-18-13-6-7-14-12(9-13)5-8-15(17)16(14)3/h6-7,9,11H,4-5,8,10H2,1-3H3. The molecule has 0 spiro atoms. The molecule has 0 aliphatic carbocycles. The van der Waals surface area contributed by atoms with E-state index in [0.717, 1.165) is 30.9 Å². The Morgan fingerprint density at radius 3 is 2.89 bits per heavy atom. The summed E-state index contributed by atoms with van der Waals surface area (Å²) in [5.74, 6) is 1.68. The molecule has 0 radical (unpaired) electrons. The van der Waals surface area contributed by atoms with Gasteiger partial charge in [-0.05, 0) is 36.1 Å². The van der Waals surface area contributed by atoms with E-state index in [-0.39, 0.29) is 5.91 Å². The zero-order valence-electron chi connectivity index (χ0n) is 11.4. The molecule has 0 N–H and O–H groups in total. The molecule has 0 fully saturated rings. The molecule has 3 nitrogen and oxygen atoms in total. The minimum atomic E-state index is 0.191. The topological polar surface area (TPSA) is 29.5 Å². The lowest BCUT2D eigenvalue weighted by Gasteiger charge is -2.26. The minimum Gasteiger partial charge on any atom is -0.493 e. The molecule has 1 aromatic carbocycles. The van der Waals surface area contributed by atoms with Gasteiger partial charge in [-0.15, -0.1) is 0 Å². The second-order valence-electron chi connectivity index (χ2n) is 5.07. The molecule has 1 amide bonds. The van der Waals surface area contributed by atoms with Crippen molar-refractivity contribution < 1.29 is 9.53 Å². The van der Waals surface area contributed by atoms with Gasteiger partial charge in [0.05, 0.1) is 6.61 Å². The van der Waals surface area contributed by atoms with Crippen LogP contribution in [-0.4, -0.2) is 19.6 Å². The second-order valence-corrected chi connectivity index (χ2v) is 5.07. The van der Waals surface area contributed by atoms with Crippen LogP contribution in [0.25, 0.3) is 0 Å². The number of hydrogen-bond acceptors (Lipinski definition) is 2. The smallest absolute Gasteiger partial charge is 0.227 e. The van der Waals surface area contributed by atoms with Gasteiger partial charge in [-0.3, -0.25) is 4.79 Å². The Hall–Kier alpha value is -1.51. The molecule has 0 saturated carbocycles. The summed E-state index contributed by atoms with van der Waals surface area (Å²) < 4.78 is 5.78. The van der Waals surface area contributed by atoms with Gasteiger partial charge in [-0.1, -0.05) is 20.3 Å². The van der Waals surface area contributed by atoms with Gasteiger partial charge in [0.1, 0.15) is 5.75 Å². The number of fused-ring (bicyclic) bond motifs is 1. The normalized spacial score (nSPS) is 16.4. The van der Waals surface area contributed by atoms with Crippen molar-refractivity contribution in [2.45, 2.75) is 33.1 Å². The van der Waals surface area contributed by atoms with Crippen LogP contribution in [0.4, 0.5) is 5.69 Å². The number of benzene rings is 1. The molecule has 0 bridgehead atoms. The second kappa shape index (κ2) is 5.42. The van der Waals surface area contributed by atoms with Gasteiger partial charge in [0.15, 0.2) is 0 Å². The van der Waals surface area contributed by atoms with Gasteiger partial charge in [-0.25, -0.2) is 0 Å². The van der Waals surface area contributed by atoms with E-state index in [1.165, 1.54) is 5.56 Å². The first-order valence-corrected chi connectivity index (χ1v) is 6.64. The summed E-state index contributed by atoms with van der Waals surface area (Å²) >= 11 is 0. The lowest BCUT2D eigenvalue weighted by Crippen LogP contribution is -2.31. The Labute approximate surface area is 109 Å². The van der Waals surface area contributed by atoms with E-state index in [0.29, 0.717) is 12.3 Å². The highest BCUT2D eigenvalue weighted by atomic mass is 16.5. The predicted molar refractivity (Wildman–Crippen MR) is 73.1 cm³/mol. The fourth-order valence-electron chi connectivity index (χ4n) is 2.08. The summed E-state index contributed by atoms with van der Waals surface area (Å²) in [5, 5.41) is 0. The van der Waals surface area contributed by atoms with Crippen molar-refractivity contribution in [1.29, 1.82) is 0 Å². The van der Waals surface area contributed by atoms with E-state index in [9.17, 15) is 4.79 Å². The van der Waals surface area contributed by atoms with Crippen molar-refractivity contribution in [3.63, 3.8) is 0 Å². The van der Waals surface area contributed by atoms with Crippen LogP contribution in [0, 0.1) is 5.92 Å². The number of rotatable bonds is 4. The minimum absolute atomic E-state index is 0.191. The highest BCUT2D eigenvalue weighted by Crippen LogP contribution is 2.30. The number of amides is 1. The molecule has 1 aliphatic rings. The number of carbonyl (C=O) groups excluding carboxylic acids is 1. The molecule has 1 heterocycles. The number of hydrogen-bond donors (Lipinski definition) is 0. The van der Waals surface area contributed by atoms with Crippen LogP contribution in [0.15, 0.2) is 18.2 Å². The largest absolute Gasteiger partial charge is 0.493 e. The zero-order valence-corrected chi connectivity index (χ0v) is 11.4. The van der Waals surface area contributed by atoms with Crippen molar-refractivity contribution in [3.8, 4) is 5.75 Å². The number of aryl methyl sites for hydroxylation is 1. The Balaban J connectivity index is 2.10. The molecule has 3 heteroatoms. The van der Waals surface area contributed by atoms with Gasteiger partial charge in [-0.2, -0.15) is 0 Å². The van der Waals surface area contributed by atoms with Crippen LogP contribution >= 0.6 is 0 Å². The molecule has 1 unspecified atom stereocenters. The molecule has 98 valence electrons. The van der Waals surface area contributed by atoms with Crippen molar-refractivity contribution in [1.82, 2.24) is 0 Å². The summed E-state index contributed by atoms with van der Waals surface area (Å²) in [6.45, 7) is 5.11.